The van der Waals surface area contributed by atoms with E-state index in [1.807, 2.05) is 58.8 Å². The van der Waals surface area contributed by atoms with Crippen LogP contribution in [0.15, 0.2) is 78.2 Å². The van der Waals surface area contributed by atoms with Gasteiger partial charge in [-0.3, -0.25) is 14.4 Å². The number of benzene rings is 2. The van der Waals surface area contributed by atoms with E-state index in [0.717, 1.165) is 10.4 Å². The molecule has 4 rings (SSSR count). The summed E-state index contributed by atoms with van der Waals surface area (Å²) in [5.74, 6) is -0.499. The van der Waals surface area contributed by atoms with Crippen molar-refractivity contribution in [2.75, 3.05) is 13.1 Å². The number of thiophene rings is 1. The first-order valence-electron chi connectivity index (χ1n) is 11.1. The van der Waals surface area contributed by atoms with Gasteiger partial charge in [-0.05, 0) is 47.9 Å². The average Bonchev–Trinajstić information content (AvgIpc) is 3.42. The number of carbonyl (C=O) groups is 3. The Hall–Kier alpha value is -3.45. The second-order valence-electron chi connectivity index (χ2n) is 8.13. The predicted octanol–water partition coefficient (Wildman–Crippen LogP) is 3.72. The zero-order chi connectivity index (χ0) is 23.0. The monoisotopic (exact) mass is 461 g/mol. The van der Waals surface area contributed by atoms with Gasteiger partial charge in [0, 0.05) is 25.2 Å². The van der Waals surface area contributed by atoms with Crippen LogP contribution in [0.2, 0.25) is 0 Å². The molecule has 1 saturated heterocycles. The minimum Gasteiger partial charge on any atom is -0.350 e. The number of likely N-dealkylation sites (tertiary alicyclic amines) is 1. The van der Waals surface area contributed by atoms with Crippen molar-refractivity contribution >= 4 is 29.1 Å². The molecular formula is C26H27N3O3S. The van der Waals surface area contributed by atoms with E-state index in [0.29, 0.717) is 38.0 Å². The first-order valence-corrected chi connectivity index (χ1v) is 12.0. The van der Waals surface area contributed by atoms with Crippen molar-refractivity contribution in [3.63, 3.8) is 0 Å². The Balaban J connectivity index is 1.43. The largest absolute Gasteiger partial charge is 0.350 e. The van der Waals surface area contributed by atoms with Gasteiger partial charge in [0.2, 0.25) is 5.91 Å². The number of nitrogens with zero attached hydrogens (tertiary/aromatic N) is 1. The van der Waals surface area contributed by atoms with Crippen LogP contribution in [0, 0.1) is 5.92 Å². The average molecular weight is 462 g/mol. The van der Waals surface area contributed by atoms with Crippen LogP contribution in [0.1, 0.15) is 38.4 Å². The molecule has 1 atom stereocenters. The van der Waals surface area contributed by atoms with Gasteiger partial charge in [0.05, 0.1) is 4.88 Å². The molecular weight excluding hydrogens is 434 g/mol. The van der Waals surface area contributed by atoms with Gasteiger partial charge in [0.15, 0.2) is 0 Å². The number of piperidine rings is 1. The third-order valence-corrected chi connectivity index (χ3v) is 6.80. The Morgan fingerprint density at radius 2 is 1.58 bits per heavy atom. The molecule has 0 aliphatic carbocycles. The van der Waals surface area contributed by atoms with E-state index in [2.05, 4.69) is 10.6 Å². The molecule has 170 valence electrons. The highest BCUT2D eigenvalue weighted by atomic mass is 32.1. The third-order valence-electron chi connectivity index (χ3n) is 5.94. The molecule has 0 spiro atoms. The molecule has 7 heteroatoms. The summed E-state index contributed by atoms with van der Waals surface area (Å²) < 4.78 is 0. The summed E-state index contributed by atoms with van der Waals surface area (Å²) in [6.45, 7) is 1.52. The summed E-state index contributed by atoms with van der Waals surface area (Å²) >= 11 is 1.43. The third kappa shape index (κ3) is 5.87. The van der Waals surface area contributed by atoms with Crippen molar-refractivity contribution in [3.8, 4) is 0 Å². The van der Waals surface area contributed by atoms with Gasteiger partial charge in [-0.25, -0.2) is 0 Å². The van der Waals surface area contributed by atoms with Gasteiger partial charge in [0.1, 0.15) is 6.04 Å². The van der Waals surface area contributed by atoms with E-state index in [9.17, 15) is 14.4 Å². The van der Waals surface area contributed by atoms with Crippen molar-refractivity contribution in [2.24, 2.45) is 5.92 Å². The first kappa shape index (κ1) is 22.7. The maximum Gasteiger partial charge on any atom is 0.263 e. The number of carbonyl (C=O) groups excluding carboxylic acids is 3. The predicted molar refractivity (Wildman–Crippen MR) is 129 cm³/mol. The molecule has 1 aliphatic rings. The van der Waals surface area contributed by atoms with Crippen molar-refractivity contribution in [1.82, 2.24) is 15.5 Å². The summed E-state index contributed by atoms with van der Waals surface area (Å²) in [6, 6.07) is 21.6. The maximum absolute atomic E-state index is 13.2. The van der Waals surface area contributed by atoms with E-state index in [1.165, 1.54) is 11.3 Å². The van der Waals surface area contributed by atoms with Crippen molar-refractivity contribution in [3.05, 3.63) is 94.2 Å². The fourth-order valence-corrected chi connectivity index (χ4v) is 4.79. The fourth-order valence-electron chi connectivity index (χ4n) is 4.10. The Labute approximate surface area is 197 Å². The Bertz CT molecular complexity index is 1060. The molecule has 2 aromatic carbocycles. The highest BCUT2D eigenvalue weighted by Gasteiger charge is 2.34. The van der Waals surface area contributed by atoms with Crippen LogP contribution in [-0.2, 0) is 11.3 Å². The number of hydrogen-bond acceptors (Lipinski definition) is 4. The van der Waals surface area contributed by atoms with Gasteiger partial charge in [-0.2, -0.15) is 0 Å². The van der Waals surface area contributed by atoms with Crippen LogP contribution in [0.5, 0.6) is 0 Å². The van der Waals surface area contributed by atoms with E-state index >= 15 is 0 Å². The number of hydrogen-bond donors (Lipinski definition) is 2. The molecule has 0 unspecified atom stereocenters. The molecule has 2 N–H and O–H groups in total. The van der Waals surface area contributed by atoms with Crippen LogP contribution in [0.3, 0.4) is 0 Å². The minimum atomic E-state index is -0.666. The molecule has 1 aliphatic heterocycles. The molecule has 3 amide bonds. The quantitative estimate of drug-likeness (QED) is 0.563. The number of rotatable bonds is 7. The first-order chi connectivity index (χ1) is 16.1. The molecule has 33 heavy (non-hydrogen) atoms. The number of amides is 3. The van der Waals surface area contributed by atoms with Crippen LogP contribution < -0.4 is 10.6 Å². The minimum absolute atomic E-state index is 0.0295. The van der Waals surface area contributed by atoms with Crippen LogP contribution >= 0.6 is 11.3 Å². The Morgan fingerprint density at radius 3 is 2.21 bits per heavy atom. The van der Waals surface area contributed by atoms with E-state index < -0.39 is 6.04 Å². The smallest absolute Gasteiger partial charge is 0.263 e. The lowest BCUT2D eigenvalue weighted by Gasteiger charge is -2.35. The molecule has 6 nitrogen and oxygen atoms in total. The molecule has 2 heterocycles. The molecule has 0 saturated carbocycles. The maximum atomic E-state index is 13.2. The van der Waals surface area contributed by atoms with Crippen molar-refractivity contribution in [2.45, 2.75) is 25.4 Å². The van der Waals surface area contributed by atoms with Crippen LogP contribution in [-0.4, -0.2) is 41.8 Å². The van der Waals surface area contributed by atoms with Gasteiger partial charge >= 0.3 is 0 Å². The van der Waals surface area contributed by atoms with E-state index in [-0.39, 0.29) is 23.6 Å². The Morgan fingerprint density at radius 1 is 0.909 bits per heavy atom. The van der Waals surface area contributed by atoms with Crippen molar-refractivity contribution < 1.29 is 14.4 Å². The Kier molecular flexibility index (Phi) is 7.52. The lowest BCUT2D eigenvalue weighted by Crippen LogP contribution is -2.53. The van der Waals surface area contributed by atoms with Crippen LogP contribution in [0.25, 0.3) is 0 Å². The summed E-state index contributed by atoms with van der Waals surface area (Å²) in [4.78, 5) is 41.3. The second kappa shape index (κ2) is 10.9. The normalized spacial score (nSPS) is 15.0. The van der Waals surface area contributed by atoms with Gasteiger partial charge in [0.25, 0.3) is 11.8 Å². The zero-order valence-corrected chi connectivity index (χ0v) is 19.1. The van der Waals surface area contributed by atoms with E-state index in [4.69, 9.17) is 0 Å². The summed E-state index contributed by atoms with van der Waals surface area (Å²) in [7, 11) is 0. The lowest BCUT2D eigenvalue weighted by molar-refractivity contribution is -0.124. The molecule has 3 aromatic rings. The van der Waals surface area contributed by atoms with Crippen molar-refractivity contribution in [1.29, 1.82) is 0 Å². The van der Waals surface area contributed by atoms with Gasteiger partial charge in [-0.1, -0.05) is 54.6 Å². The van der Waals surface area contributed by atoms with E-state index in [1.54, 1.807) is 24.3 Å². The topological polar surface area (TPSA) is 78.5 Å². The fraction of sp³-hybridized carbons (Fsp3) is 0.269. The molecule has 1 aromatic heterocycles. The van der Waals surface area contributed by atoms with Gasteiger partial charge in [-0.15, -0.1) is 11.3 Å². The summed E-state index contributed by atoms with van der Waals surface area (Å²) in [5, 5.41) is 7.83. The molecule has 1 fully saturated rings. The number of nitrogens with one attached hydrogen (secondary N) is 2. The SMILES string of the molecule is O=C(N[C@H](C(=O)NCc1ccccc1)C1CCN(C(=O)c2cccs2)CC1)c1ccccc1. The summed E-state index contributed by atoms with van der Waals surface area (Å²) in [5.41, 5.74) is 1.51. The molecule has 0 bridgehead atoms. The standard InChI is InChI=1S/C26H27N3O3S/c30-24(21-10-5-2-6-11-21)28-23(25(31)27-18-19-8-3-1-4-9-19)20-13-15-29(16-14-20)26(32)22-12-7-17-33-22/h1-12,17,20,23H,13-16,18H2,(H,27,31)(H,28,30)/t23-/m0/s1. The van der Waals surface area contributed by atoms with Gasteiger partial charge < -0.3 is 15.5 Å². The zero-order valence-electron chi connectivity index (χ0n) is 18.3. The highest BCUT2D eigenvalue weighted by molar-refractivity contribution is 7.12. The second-order valence-corrected chi connectivity index (χ2v) is 9.08. The van der Waals surface area contributed by atoms with Crippen LogP contribution in [0.4, 0.5) is 0 Å². The highest BCUT2D eigenvalue weighted by Crippen LogP contribution is 2.24. The lowest BCUT2D eigenvalue weighted by atomic mass is 9.88. The summed E-state index contributed by atoms with van der Waals surface area (Å²) in [6.07, 6.45) is 1.30. The molecule has 0 radical (unpaired) electrons.